The van der Waals surface area contributed by atoms with E-state index in [-0.39, 0.29) is 23.2 Å². The molecule has 0 bridgehead atoms. The van der Waals surface area contributed by atoms with Crippen LogP contribution in [-0.2, 0) is 19.5 Å². The topological polar surface area (TPSA) is 74.0 Å². The lowest BCUT2D eigenvalue weighted by Gasteiger charge is -2.27. The third kappa shape index (κ3) is 5.27. The molecule has 4 aromatic rings. The number of pyridine rings is 1. The number of nitrogens with one attached hydrogen (secondary N) is 1. The van der Waals surface area contributed by atoms with Gasteiger partial charge in [0.25, 0.3) is 0 Å². The highest BCUT2D eigenvalue weighted by Gasteiger charge is 2.27. The van der Waals surface area contributed by atoms with Crippen molar-refractivity contribution in [3.05, 3.63) is 104 Å². The van der Waals surface area contributed by atoms with Gasteiger partial charge in [-0.05, 0) is 53.1 Å². The van der Waals surface area contributed by atoms with Crippen molar-refractivity contribution in [1.82, 2.24) is 19.8 Å². The largest absolute Gasteiger partial charge is 0.333 e. The van der Waals surface area contributed by atoms with Gasteiger partial charge in [-0.25, -0.2) is 18.6 Å². The van der Waals surface area contributed by atoms with E-state index >= 15 is 0 Å². The number of hydrogen-bond acceptors (Lipinski definition) is 4. The molecule has 0 saturated carbocycles. The van der Waals surface area contributed by atoms with E-state index in [1.807, 2.05) is 12.1 Å². The van der Waals surface area contributed by atoms with Crippen LogP contribution in [0.15, 0.2) is 54.7 Å². The quantitative estimate of drug-likeness (QED) is 0.294. The predicted octanol–water partition coefficient (Wildman–Crippen LogP) is 6.32. The Hall–Kier alpha value is -3.77. The van der Waals surface area contributed by atoms with Gasteiger partial charge in [-0.3, -0.25) is 9.47 Å². The number of hydrogen-bond donors (Lipinski definition) is 1. The predicted molar refractivity (Wildman–Crippen MR) is 143 cm³/mol. The summed E-state index contributed by atoms with van der Waals surface area (Å²) in [6, 6.07) is 12.2. The van der Waals surface area contributed by atoms with Crippen LogP contribution in [0.4, 0.5) is 13.6 Å². The van der Waals surface area contributed by atoms with Crippen LogP contribution < -0.4 is 5.32 Å². The van der Waals surface area contributed by atoms with Gasteiger partial charge in [-0.1, -0.05) is 41.4 Å². The highest BCUT2D eigenvalue weighted by atomic mass is 35.5. The molecule has 5 rings (SSSR count). The highest BCUT2D eigenvalue weighted by molar-refractivity contribution is 6.31. The van der Waals surface area contributed by atoms with E-state index in [0.29, 0.717) is 47.7 Å². The summed E-state index contributed by atoms with van der Waals surface area (Å²) < 4.78 is 29.9. The molecule has 2 aromatic carbocycles. The van der Waals surface area contributed by atoms with Gasteiger partial charge in [-0.2, -0.15) is 5.26 Å². The summed E-state index contributed by atoms with van der Waals surface area (Å²) in [4.78, 5) is 19.4. The van der Waals surface area contributed by atoms with Crippen molar-refractivity contribution in [3.8, 4) is 6.07 Å². The van der Waals surface area contributed by atoms with E-state index in [4.69, 9.17) is 28.5 Å². The molecule has 1 amide bonds. The average Bonchev–Trinajstić information content (AvgIpc) is 3.20. The number of halogens is 4. The van der Waals surface area contributed by atoms with Crippen molar-refractivity contribution in [2.24, 2.45) is 0 Å². The van der Waals surface area contributed by atoms with Gasteiger partial charge in [0.15, 0.2) is 0 Å². The molecular weight excluding hydrogens is 531 g/mol. The molecule has 0 fully saturated rings. The van der Waals surface area contributed by atoms with Crippen LogP contribution in [-0.4, -0.2) is 33.6 Å². The van der Waals surface area contributed by atoms with Gasteiger partial charge in [0, 0.05) is 49.9 Å². The van der Waals surface area contributed by atoms with Gasteiger partial charge in [-0.15, -0.1) is 0 Å². The molecule has 0 saturated heterocycles. The zero-order valence-corrected chi connectivity index (χ0v) is 21.5. The maximum absolute atomic E-state index is 14.5. The number of aromatic nitrogens is 2. The van der Waals surface area contributed by atoms with Crippen LogP contribution in [0.3, 0.4) is 0 Å². The zero-order valence-electron chi connectivity index (χ0n) is 20.0. The van der Waals surface area contributed by atoms with Gasteiger partial charge in [0.05, 0.1) is 16.1 Å². The van der Waals surface area contributed by atoms with Gasteiger partial charge in [0.1, 0.15) is 22.9 Å². The lowest BCUT2D eigenvalue weighted by Crippen LogP contribution is -2.34. The van der Waals surface area contributed by atoms with E-state index < -0.39 is 11.6 Å². The van der Waals surface area contributed by atoms with Gasteiger partial charge >= 0.3 is 6.03 Å². The van der Waals surface area contributed by atoms with E-state index in [1.54, 1.807) is 35.0 Å². The maximum Gasteiger partial charge on any atom is 0.326 e. The van der Waals surface area contributed by atoms with E-state index in [2.05, 4.69) is 15.2 Å². The number of carbonyl (C=O) groups is 1. The van der Waals surface area contributed by atoms with Crippen molar-refractivity contribution in [2.45, 2.75) is 19.5 Å². The summed E-state index contributed by atoms with van der Waals surface area (Å²) in [6.07, 6.45) is 5.84. The normalized spacial score (nSPS) is 13.6. The minimum absolute atomic E-state index is 0.00282. The SMILES string of the molecule is N#Cc1ccc(C=CCN2CCc3c(c4cc(F)c(Cl)cc4n3C(=O)NCc3ccnc(Cl)c3)C2)cc1F. The lowest BCUT2D eigenvalue weighted by atomic mass is 10.0. The van der Waals surface area contributed by atoms with E-state index in [0.717, 1.165) is 16.8 Å². The second kappa shape index (κ2) is 10.9. The average molecular weight is 552 g/mol. The molecule has 1 aliphatic rings. The number of nitrogens with zero attached hydrogens (tertiary/aromatic N) is 4. The Labute approximate surface area is 227 Å². The lowest BCUT2D eigenvalue weighted by molar-refractivity contribution is 0.240. The number of carbonyl (C=O) groups excluding carboxylic acids is 1. The Morgan fingerprint density at radius 3 is 2.76 bits per heavy atom. The minimum atomic E-state index is -0.559. The van der Waals surface area contributed by atoms with Crippen molar-refractivity contribution >= 4 is 46.2 Å². The standard InChI is InChI=1S/C28H21Cl2F2N5O/c29-22-13-26-20(12-24(22)32)21-16-36(8-1-2-17-3-4-19(14-33)23(31)10-17)9-6-25(21)37(26)28(38)35-15-18-5-7-34-27(30)11-18/h1-5,7,10-13H,6,8-9,15-16H2,(H,35,38). The summed E-state index contributed by atoms with van der Waals surface area (Å²) in [5, 5.41) is 12.7. The van der Waals surface area contributed by atoms with Crippen molar-refractivity contribution < 1.29 is 13.6 Å². The Morgan fingerprint density at radius 2 is 2.00 bits per heavy atom. The second-order valence-electron chi connectivity index (χ2n) is 8.93. The minimum Gasteiger partial charge on any atom is -0.333 e. The molecule has 3 heterocycles. The highest BCUT2D eigenvalue weighted by Crippen LogP contribution is 2.34. The van der Waals surface area contributed by atoms with Crippen molar-refractivity contribution in [1.29, 1.82) is 5.26 Å². The summed E-state index contributed by atoms with van der Waals surface area (Å²) in [5.74, 6) is -1.11. The Morgan fingerprint density at radius 1 is 1.16 bits per heavy atom. The van der Waals surface area contributed by atoms with Gasteiger partial charge < -0.3 is 5.32 Å². The number of rotatable bonds is 5. The molecule has 2 aromatic heterocycles. The fraction of sp³-hybridized carbons (Fsp3) is 0.179. The number of benzene rings is 2. The van der Waals surface area contributed by atoms with E-state index in [9.17, 15) is 13.6 Å². The van der Waals surface area contributed by atoms with Crippen LogP contribution in [0, 0.1) is 23.0 Å². The van der Waals surface area contributed by atoms with Gasteiger partial charge in [0.2, 0.25) is 0 Å². The molecule has 0 radical (unpaired) electrons. The molecule has 0 aliphatic carbocycles. The van der Waals surface area contributed by atoms with Crippen molar-refractivity contribution in [2.75, 3.05) is 13.1 Å². The third-order valence-corrected chi connectivity index (χ3v) is 6.99. The van der Waals surface area contributed by atoms with Crippen LogP contribution in [0.5, 0.6) is 0 Å². The second-order valence-corrected chi connectivity index (χ2v) is 9.72. The smallest absolute Gasteiger partial charge is 0.326 e. The van der Waals surface area contributed by atoms with Crippen LogP contribution in [0.1, 0.15) is 27.9 Å². The monoisotopic (exact) mass is 551 g/mol. The molecule has 1 N–H and O–H groups in total. The fourth-order valence-electron chi connectivity index (χ4n) is 4.67. The summed E-state index contributed by atoms with van der Waals surface area (Å²) in [6.45, 7) is 1.98. The first-order valence-corrected chi connectivity index (χ1v) is 12.6. The molecule has 0 unspecified atom stereocenters. The molecule has 38 heavy (non-hydrogen) atoms. The van der Waals surface area contributed by atoms with E-state index in [1.165, 1.54) is 24.3 Å². The molecule has 10 heteroatoms. The van der Waals surface area contributed by atoms with Crippen LogP contribution in [0.2, 0.25) is 10.2 Å². The van der Waals surface area contributed by atoms with Crippen molar-refractivity contribution in [3.63, 3.8) is 0 Å². The van der Waals surface area contributed by atoms with Crippen LogP contribution >= 0.6 is 23.2 Å². The number of nitriles is 1. The molecule has 192 valence electrons. The molecular formula is C28H21Cl2F2N5O. The van der Waals surface area contributed by atoms with Crippen LogP contribution in [0.25, 0.3) is 17.0 Å². The first-order valence-electron chi connectivity index (χ1n) is 11.8. The third-order valence-electron chi connectivity index (χ3n) is 6.49. The Kier molecular flexibility index (Phi) is 7.43. The zero-order chi connectivity index (χ0) is 26.8. The fourth-order valence-corrected chi connectivity index (χ4v) is 5.02. The molecule has 0 spiro atoms. The Balaban J connectivity index is 1.38. The molecule has 6 nitrogen and oxygen atoms in total. The number of amides is 1. The number of fused-ring (bicyclic) bond motifs is 3. The summed E-state index contributed by atoms with van der Waals surface area (Å²) in [7, 11) is 0. The first-order chi connectivity index (χ1) is 18.3. The molecule has 0 atom stereocenters. The summed E-state index contributed by atoms with van der Waals surface area (Å²) >= 11 is 12.0. The molecule has 1 aliphatic heterocycles. The first kappa shape index (κ1) is 25.9. The summed E-state index contributed by atoms with van der Waals surface area (Å²) in [5.41, 5.74) is 3.66. The maximum atomic E-state index is 14.5. The Bertz CT molecular complexity index is 1630.